The Morgan fingerprint density at radius 2 is 1.43 bits per heavy atom. The Hall–Kier alpha value is 0.314. The summed E-state index contributed by atoms with van der Waals surface area (Å²) in [5, 5.41) is 0. The van der Waals surface area contributed by atoms with Gasteiger partial charge in [-0.15, -0.1) is 0 Å². The van der Waals surface area contributed by atoms with Crippen LogP contribution in [0.25, 0.3) is 0 Å². The summed E-state index contributed by atoms with van der Waals surface area (Å²) in [5.41, 5.74) is 0. The van der Waals surface area contributed by atoms with E-state index in [-0.39, 0.29) is 8.80 Å². The molecule has 0 fully saturated rings. The highest BCUT2D eigenvalue weighted by Crippen LogP contribution is 2.17. The molecule has 0 aliphatic heterocycles. The fraction of sp³-hybridized carbons (Fsp3) is 1.00. The van der Waals surface area contributed by atoms with Crippen LogP contribution >= 0.6 is 0 Å². The molecule has 1 radical (unpaired) electrons. The van der Waals surface area contributed by atoms with E-state index in [9.17, 15) is 0 Å². The highest BCUT2D eigenvalue weighted by atomic mass is 28.4. The van der Waals surface area contributed by atoms with Crippen molar-refractivity contribution in [3.63, 3.8) is 0 Å². The monoisotopic (exact) mass is 235 g/mol. The molecule has 14 heavy (non-hydrogen) atoms. The Balaban J connectivity index is 3.71. The maximum absolute atomic E-state index is 5.35. The Kier molecular flexibility index (Phi) is 7.76. The molecule has 3 nitrogen and oxygen atoms in total. The topological polar surface area (TPSA) is 27.7 Å². The highest BCUT2D eigenvalue weighted by Gasteiger charge is 2.36. The second kappa shape index (κ2) is 7.59. The molecule has 85 valence electrons. The maximum Gasteiger partial charge on any atom is 0.500 e. The predicted octanol–water partition coefficient (Wildman–Crippen LogP) is 2.40. The predicted molar refractivity (Wildman–Crippen MR) is 63.1 cm³/mol. The Bertz CT molecular complexity index is 130. The molecule has 0 N–H and O–H groups in total. The van der Waals surface area contributed by atoms with Crippen LogP contribution in [0.2, 0.25) is 25.2 Å². The minimum atomic E-state index is -2.28. The zero-order valence-electron chi connectivity index (χ0n) is 10.1. The molecule has 0 unspecified atom stereocenters. The quantitative estimate of drug-likeness (QED) is 0.478. The van der Waals surface area contributed by atoms with E-state index in [1.807, 2.05) is 0 Å². The molecule has 0 aliphatic carbocycles. The molecule has 0 aliphatic rings. The van der Waals surface area contributed by atoms with Crippen molar-refractivity contribution < 1.29 is 13.3 Å². The van der Waals surface area contributed by atoms with Gasteiger partial charge in [0.25, 0.3) is 0 Å². The lowest BCUT2D eigenvalue weighted by Gasteiger charge is -2.24. The average molecular weight is 235 g/mol. The second-order valence-corrected chi connectivity index (χ2v) is 9.71. The lowest BCUT2D eigenvalue weighted by molar-refractivity contribution is 0.123. The van der Waals surface area contributed by atoms with Gasteiger partial charge in [-0.25, -0.2) is 0 Å². The molecule has 0 aromatic heterocycles. The third kappa shape index (κ3) is 5.26. The molecule has 0 saturated carbocycles. The van der Waals surface area contributed by atoms with Crippen LogP contribution in [0.3, 0.4) is 0 Å². The van der Waals surface area contributed by atoms with Crippen LogP contribution in [0.1, 0.15) is 12.8 Å². The van der Waals surface area contributed by atoms with Crippen molar-refractivity contribution in [2.75, 3.05) is 21.3 Å². The minimum absolute atomic E-state index is 0.0788. The molecule has 0 aromatic rings. The van der Waals surface area contributed by atoms with Crippen molar-refractivity contribution >= 4 is 17.6 Å². The maximum atomic E-state index is 5.35. The molecular weight excluding hydrogens is 212 g/mol. The second-order valence-electron chi connectivity index (χ2n) is 3.71. The van der Waals surface area contributed by atoms with Crippen LogP contribution in [0.5, 0.6) is 0 Å². The van der Waals surface area contributed by atoms with Gasteiger partial charge in [-0.3, -0.25) is 0 Å². The molecule has 0 heterocycles. The minimum Gasteiger partial charge on any atom is -0.377 e. The molecule has 0 spiro atoms. The smallest absolute Gasteiger partial charge is 0.377 e. The van der Waals surface area contributed by atoms with Gasteiger partial charge in [0.05, 0.1) is 0 Å². The van der Waals surface area contributed by atoms with E-state index in [4.69, 9.17) is 13.3 Å². The summed E-state index contributed by atoms with van der Waals surface area (Å²) >= 11 is 0. The Morgan fingerprint density at radius 3 is 1.79 bits per heavy atom. The fourth-order valence-corrected chi connectivity index (χ4v) is 4.13. The third-order valence-electron chi connectivity index (χ3n) is 2.34. The van der Waals surface area contributed by atoms with Crippen LogP contribution < -0.4 is 0 Å². The number of unbranched alkanes of at least 4 members (excludes halogenated alkanes) is 1. The lowest BCUT2D eigenvalue weighted by atomic mass is 10.4. The van der Waals surface area contributed by atoms with Crippen molar-refractivity contribution in [3.05, 3.63) is 0 Å². The molecule has 0 atom stereocenters. The van der Waals surface area contributed by atoms with E-state index < -0.39 is 8.80 Å². The fourth-order valence-electron chi connectivity index (χ4n) is 1.38. The van der Waals surface area contributed by atoms with E-state index in [2.05, 4.69) is 13.1 Å². The van der Waals surface area contributed by atoms with Crippen molar-refractivity contribution in [1.82, 2.24) is 0 Å². The van der Waals surface area contributed by atoms with E-state index in [0.29, 0.717) is 0 Å². The van der Waals surface area contributed by atoms with Gasteiger partial charge >= 0.3 is 8.80 Å². The standard InChI is InChI=1S/C9H23O3Si2/c1-10-14(11-2,12-3)9-7-6-8-13(4)5/h6-9H2,1-5H3. The van der Waals surface area contributed by atoms with Gasteiger partial charge in [0.15, 0.2) is 0 Å². The van der Waals surface area contributed by atoms with Gasteiger partial charge < -0.3 is 13.3 Å². The molecule has 0 rings (SSSR count). The first-order valence-corrected chi connectivity index (χ1v) is 9.68. The molecule has 0 saturated heterocycles. The molecule has 0 aromatic carbocycles. The van der Waals surface area contributed by atoms with Crippen molar-refractivity contribution in [2.24, 2.45) is 0 Å². The van der Waals surface area contributed by atoms with Crippen LogP contribution in [0, 0.1) is 0 Å². The first-order chi connectivity index (χ1) is 6.60. The summed E-state index contributed by atoms with van der Waals surface area (Å²) in [6.07, 6.45) is 2.42. The van der Waals surface area contributed by atoms with Gasteiger partial charge in [-0.05, 0) is 6.42 Å². The van der Waals surface area contributed by atoms with E-state index in [0.717, 1.165) is 12.5 Å². The first kappa shape index (κ1) is 14.3. The van der Waals surface area contributed by atoms with Crippen LogP contribution in [0.15, 0.2) is 0 Å². The van der Waals surface area contributed by atoms with Crippen molar-refractivity contribution in [2.45, 2.75) is 38.0 Å². The summed E-state index contributed by atoms with van der Waals surface area (Å²) < 4.78 is 16.0. The van der Waals surface area contributed by atoms with Gasteiger partial charge in [0, 0.05) is 36.2 Å². The van der Waals surface area contributed by atoms with Crippen molar-refractivity contribution in [1.29, 1.82) is 0 Å². The van der Waals surface area contributed by atoms with Gasteiger partial charge in [-0.2, -0.15) is 0 Å². The summed E-state index contributed by atoms with van der Waals surface area (Å²) in [7, 11) is 2.67. The van der Waals surface area contributed by atoms with Gasteiger partial charge in [0.1, 0.15) is 0 Å². The van der Waals surface area contributed by atoms with Gasteiger partial charge in [-0.1, -0.05) is 25.6 Å². The van der Waals surface area contributed by atoms with E-state index in [1.54, 1.807) is 21.3 Å². The van der Waals surface area contributed by atoms with Crippen LogP contribution in [-0.2, 0) is 13.3 Å². The van der Waals surface area contributed by atoms with E-state index >= 15 is 0 Å². The van der Waals surface area contributed by atoms with Crippen molar-refractivity contribution in [3.8, 4) is 0 Å². The zero-order chi connectivity index (χ0) is 11.0. The Morgan fingerprint density at radius 1 is 0.929 bits per heavy atom. The molecular formula is C9H23O3Si2. The first-order valence-electron chi connectivity index (χ1n) is 5.04. The molecule has 0 amide bonds. The van der Waals surface area contributed by atoms with E-state index in [1.165, 1.54) is 12.5 Å². The average Bonchev–Trinajstić information content (AvgIpc) is 2.19. The summed E-state index contributed by atoms with van der Waals surface area (Å²) in [4.78, 5) is 0. The summed E-state index contributed by atoms with van der Waals surface area (Å²) in [6.45, 7) is 4.69. The SMILES string of the molecule is CO[Si](CCCC[Si](C)C)(OC)OC. The van der Waals surface area contributed by atoms with Gasteiger partial charge in [0.2, 0.25) is 0 Å². The number of rotatable bonds is 8. The zero-order valence-corrected chi connectivity index (χ0v) is 12.1. The largest absolute Gasteiger partial charge is 0.500 e. The van der Waals surface area contributed by atoms with Crippen LogP contribution in [0.4, 0.5) is 0 Å². The summed E-state index contributed by atoms with van der Waals surface area (Å²) in [6, 6.07) is 2.30. The highest BCUT2D eigenvalue weighted by molar-refractivity contribution is 6.60. The third-order valence-corrected chi connectivity index (χ3v) is 6.53. The molecule has 5 heteroatoms. The van der Waals surface area contributed by atoms with Crippen LogP contribution in [-0.4, -0.2) is 38.9 Å². The normalized spacial score (nSPS) is 12.4. The Labute approximate surface area is 90.7 Å². The molecule has 0 bridgehead atoms. The number of hydrogen-bond donors (Lipinski definition) is 0. The summed E-state index contributed by atoms with van der Waals surface area (Å²) in [5.74, 6) is 0. The lowest BCUT2D eigenvalue weighted by Crippen LogP contribution is -2.42. The number of hydrogen-bond acceptors (Lipinski definition) is 3.